The number of carbonyl (C=O) groups excluding carboxylic acids is 2. The number of nitrogens with zero attached hydrogens (tertiary/aromatic N) is 1. The van der Waals surface area contributed by atoms with E-state index in [4.69, 9.17) is 0 Å². The Kier molecular flexibility index (Phi) is 4.49. The highest BCUT2D eigenvalue weighted by atomic mass is 16.3. The molecule has 0 aromatic heterocycles. The number of fused-ring (bicyclic) bond motifs is 1. The lowest BCUT2D eigenvalue weighted by atomic mass is 9.97. The van der Waals surface area contributed by atoms with Gasteiger partial charge in [-0.25, -0.2) is 0 Å². The quantitative estimate of drug-likeness (QED) is 0.898. The van der Waals surface area contributed by atoms with E-state index in [-0.39, 0.29) is 29.0 Å². The number of nitrogens with one attached hydrogen (secondary N) is 1. The molecule has 0 bridgehead atoms. The first-order valence-corrected chi connectivity index (χ1v) is 8.37. The predicted molar refractivity (Wildman–Crippen MR) is 96.5 cm³/mol. The fourth-order valence-corrected chi connectivity index (χ4v) is 3.20. The summed E-state index contributed by atoms with van der Waals surface area (Å²) >= 11 is 0. The van der Waals surface area contributed by atoms with Crippen molar-refractivity contribution < 1.29 is 14.7 Å². The minimum Gasteiger partial charge on any atom is -0.507 e. The van der Waals surface area contributed by atoms with Gasteiger partial charge in [0.25, 0.3) is 5.91 Å². The maximum atomic E-state index is 12.9. The summed E-state index contributed by atoms with van der Waals surface area (Å²) in [6.07, 6.45) is 0. The van der Waals surface area contributed by atoms with Crippen molar-refractivity contribution in [1.82, 2.24) is 4.90 Å². The second-order valence-electron chi connectivity index (χ2n) is 6.72. The molecule has 2 aromatic carbocycles. The minimum atomic E-state index is -0.213. The summed E-state index contributed by atoms with van der Waals surface area (Å²) in [7, 11) is 0. The van der Waals surface area contributed by atoms with Gasteiger partial charge in [0.1, 0.15) is 5.75 Å². The van der Waals surface area contributed by atoms with E-state index < -0.39 is 0 Å². The number of hydrogen-bond acceptors (Lipinski definition) is 3. The normalized spacial score (nSPS) is 13.0. The molecule has 1 aliphatic rings. The van der Waals surface area contributed by atoms with Gasteiger partial charge >= 0.3 is 0 Å². The number of benzene rings is 2. The van der Waals surface area contributed by atoms with Crippen molar-refractivity contribution >= 4 is 17.5 Å². The second kappa shape index (κ2) is 6.59. The van der Waals surface area contributed by atoms with E-state index in [0.717, 1.165) is 16.7 Å². The Balaban J connectivity index is 1.93. The summed E-state index contributed by atoms with van der Waals surface area (Å²) < 4.78 is 0. The van der Waals surface area contributed by atoms with Crippen molar-refractivity contribution in [3.63, 3.8) is 0 Å². The van der Waals surface area contributed by atoms with Gasteiger partial charge in [-0.3, -0.25) is 9.59 Å². The molecule has 0 unspecified atom stereocenters. The summed E-state index contributed by atoms with van der Waals surface area (Å²) in [5.74, 6) is -0.431. The van der Waals surface area contributed by atoms with Gasteiger partial charge in [-0.15, -0.1) is 0 Å². The largest absolute Gasteiger partial charge is 0.507 e. The Hall–Kier alpha value is -2.82. The van der Waals surface area contributed by atoms with Crippen LogP contribution in [0.2, 0.25) is 0 Å². The number of anilines is 1. The first-order valence-electron chi connectivity index (χ1n) is 8.37. The molecule has 25 heavy (non-hydrogen) atoms. The summed E-state index contributed by atoms with van der Waals surface area (Å²) in [6.45, 7) is 6.47. The minimum absolute atomic E-state index is 0.102. The topological polar surface area (TPSA) is 69.6 Å². The third kappa shape index (κ3) is 3.36. The van der Waals surface area contributed by atoms with Crippen molar-refractivity contribution in [3.8, 4) is 5.75 Å². The van der Waals surface area contributed by atoms with Crippen LogP contribution in [0, 0.1) is 0 Å². The molecule has 0 saturated heterocycles. The first kappa shape index (κ1) is 17.0. The second-order valence-corrected chi connectivity index (χ2v) is 6.72. The van der Waals surface area contributed by atoms with Crippen LogP contribution in [-0.4, -0.2) is 21.8 Å². The van der Waals surface area contributed by atoms with Crippen LogP contribution >= 0.6 is 0 Å². The molecule has 0 spiro atoms. The van der Waals surface area contributed by atoms with E-state index >= 15 is 0 Å². The Morgan fingerprint density at radius 1 is 1.12 bits per heavy atom. The molecule has 130 valence electrons. The van der Waals surface area contributed by atoms with Crippen LogP contribution < -0.4 is 5.32 Å². The Morgan fingerprint density at radius 3 is 2.24 bits per heavy atom. The number of phenols is 1. The average Bonchev–Trinajstić information content (AvgIpc) is 2.97. The Labute approximate surface area is 147 Å². The summed E-state index contributed by atoms with van der Waals surface area (Å²) in [5, 5.41) is 13.1. The lowest BCUT2D eigenvalue weighted by Crippen LogP contribution is -2.25. The molecule has 5 nitrogen and oxygen atoms in total. The number of amides is 2. The summed E-state index contributed by atoms with van der Waals surface area (Å²) in [5.41, 5.74) is 3.91. The lowest BCUT2D eigenvalue weighted by molar-refractivity contribution is -0.114. The monoisotopic (exact) mass is 338 g/mol. The van der Waals surface area contributed by atoms with E-state index in [1.54, 1.807) is 11.0 Å². The fourth-order valence-electron chi connectivity index (χ4n) is 3.20. The highest BCUT2D eigenvalue weighted by Gasteiger charge is 2.27. The number of aromatic hydroxyl groups is 1. The maximum absolute atomic E-state index is 12.9. The van der Waals surface area contributed by atoms with Crippen LogP contribution in [0.25, 0.3) is 0 Å². The highest BCUT2D eigenvalue weighted by molar-refractivity contribution is 5.99. The Bertz CT molecular complexity index is 818. The van der Waals surface area contributed by atoms with Gasteiger partial charge in [0.2, 0.25) is 5.91 Å². The zero-order valence-electron chi connectivity index (χ0n) is 14.7. The zero-order valence-corrected chi connectivity index (χ0v) is 14.7. The van der Waals surface area contributed by atoms with Gasteiger partial charge < -0.3 is 15.3 Å². The fraction of sp³-hybridized carbons (Fsp3) is 0.300. The summed E-state index contributed by atoms with van der Waals surface area (Å²) in [4.78, 5) is 26.0. The van der Waals surface area contributed by atoms with Crippen LogP contribution in [0.4, 0.5) is 5.69 Å². The predicted octanol–water partition coefficient (Wildman–Crippen LogP) is 3.63. The van der Waals surface area contributed by atoms with Gasteiger partial charge in [-0.05, 0) is 28.7 Å². The van der Waals surface area contributed by atoms with Crippen molar-refractivity contribution in [3.05, 3.63) is 58.7 Å². The molecule has 0 atom stereocenters. The van der Waals surface area contributed by atoms with E-state index in [0.29, 0.717) is 18.8 Å². The molecule has 2 N–H and O–H groups in total. The van der Waals surface area contributed by atoms with Crippen LogP contribution in [0.3, 0.4) is 0 Å². The molecule has 1 aliphatic heterocycles. The van der Waals surface area contributed by atoms with Crippen LogP contribution in [0.5, 0.6) is 5.75 Å². The number of carbonyl (C=O) groups is 2. The van der Waals surface area contributed by atoms with Gasteiger partial charge in [0.15, 0.2) is 0 Å². The van der Waals surface area contributed by atoms with Crippen LogP contribution in [0.15, 0.2) is 36.4 Å². The van der Waals surface area contributed by atoms with Crippen LogP contribution in [0.1, 0.15) is 53.7 Å². The molecule has 0 aliphatic carbocycles. The molecular weight excluding hydrogens is 316 g/mol. The van der Waals surface area contributed by atoms with E-state index in [1.165, 1.54) is 13.0 Å². The molecule has 0 radical (unpaired) electrons. The molecule has 2 amide bonds. The first-order chi connectivity index (χ1) is 11.9. The van der Waals surface area contributed by atoms with E-state index in [9.17, 15) is 14.7 Å². The van der Waals surface area contributed by atoms with Gasteiger partial charge in [-0.1, -0.05) is 38.1 Å². The summed E-state index contributed by atoms with van der Waals surface area (Å²) in [6, 6.07) is 11.1. The third-order valence-corrected chi connectivity index (χ3v) is 4.46. The molecule has 2 aromatic rings. The van der Waals surface area contributed by atoms with Crippen molar-refractivity contribution in [2.24, 2.45) is 0 Å². The number of hydrogen-bond donors (Lipinski definition) is 2. The number of phenolic OH excluding ortho intramolecular Hbond substituents is 1. The van der Waals surface area contributed by atoms with Gasteiger partial charge in [0.05, 0.1) is 5.56 Å². The molecule has 0 saturated carbocycles. The molecular formula is C20H22N2O3. The van der Waals surface area contributed by atoms with Crippen molar-refractivity contribution in [1.29, 1.82) is 0 Å². The lowest BCUT2D eigenvalue weighted by Gasteiger charge is -2.20. The molecule has 3 rings (SSSR count). The average molecular weight is 338 g/mol. The van der Waals surface area contributed by atoms with E-state index in [1.807, 2.05) is 38.1 Å². The van der Waals surface area contributed by atoms with Gasteiger partial charge in [0, 0.05) is 31.8 Å². The van der Waals surface area contributed by atoms with Gasteiger partial charge in [-0.2, -0.15) is 0 Å². The smallest absolute Gasteiger partial charge is 0.258 e. The Morgan fingerprint density at radius 2 is 1.72 bits per heavy atom. The number of rotatable bonds is 3. The maximum Gasteiger partial charge on any atom is 0.258 e. The molecule has 0 fully saturated rings. The van der Waals surface area contributed by atoms with Crippen LogP contribution in [-0.2, 0) is 17.9 Å². The standard InChI is InChI=1S/C20H22N2O3/c1-12(2)16-8-17(19(24)9-18(16)21-13(3)23)20(25)22-10-14-6-4-5-7-15(14)11-22/h4-9,12,24H,10-11H2,1-3H3,(H,21,23). The van der Waals surface area contributed by atoms with Crippen molar-refractivity contribution in [2.75, 3.05) is 5.32 Å². The third-order valence-electron chi connectivity index (χ3n) is 4.46. The van der Waals surface area contributed by atoms with E-state index in [2.05, 4.69) is 5.32 Å². The zero-order chi connectivity index (χ0) is 18.1. The SMILES string of the molecule is CC(=O)Nc1cc(O)c(C(=O)N2Cc3ccccc3C2)cc1C(C)C. The molecule has 1 heterocycles. The highest BCUT2D eigenvalue weighted by Crippen LogP contribution is 2.33. The van der Waals surface area contributed by atoms with Crippen molar-refractivity contribution in [2.45, 2.75) is 39.8 Å². The molecule has 5 heteroatoms.